The van der Waals surface area contributed by atoms with Gasteiger partial charge in [-0.3, -0.25) is 4.68 Å². The maximum Gasteiger partial charge on any atom is 0.0492 e. The third-order valence-electron chi connectivity index (χ3n) is 4.35. The highest BCUT2D eigenvalue weighted by atomic mass is 15.2. The molecule has 2 N–H and O–H groups in total. The molecule has 1 aliphatic rings. The summed E-state index contributed by atoms with van der Waals surface area (Å²) in [6.45, 7) is 0. The zero-order valence-corrected chi connectivity index (χ0v) is 11.4. The highest BCUT2D eigenvalue weighted by molar-refractivity contribution is 5.35. The van der Waals surface area contributed by atoms with Crippen molar-refractivity contribution in [3.05, 3.63) is 53.3 Å². The fourth-order valence-electron chi connectivity index (χ4n) is 3.20. The van der Waals surface area contributed by atoms with Crippen LogP contribution in [0.5, 0.6) is 0 Å². The van der Waals surface area contributed by atoms with Gasteiger partial charge in [0, 0.05) is 25.0 Å². The Morgan fingerprint density at radius 1 is 1.37 bits per heavy atom. The van der Waals surface area contributed by atoms with Crippen LogP contribution in [0.1, 0.15) is 35.6 Å². The number of nitrogens with zero attached hydrogens (tertiary/aromatic N) is 2. The van der Waals surface area contributed by atoms with Crippen LogP contribution < -0.4 is 5.73 Å². The smallest absolute Gasteiger partial charge is 0.0492 e. The van der Waals surface area contributed by atoms with Gasteiger partial charge in [-0.25, -0.2) is 0 Å². The van der Waals surface area contributed by atoms with Gasteiger partial charge in [-0.15, -0.1) is 0 Å². The Morgan fingerprint density at radius 3 is 3.00 bits per heavy atom. The van der Waals surface area contributed by atoms with Crippen molar-refractivity contribution in [3.8, 4) is 0 Å². The van der Waals surface area contributed by atoms with E-state index in [1.165, 1.54) is 29.7 Å². The first kappa shape index (κ1) is 12.4. The monoisotopic (exact) mass is 255 g/mol. The van der Waals surface area contributed by atoms with Crippen LogP contribution in [0, 0.1) is 0 Å². The summed E-state index contributed by atoms with van der Waals surface area (Å²) in [4.78, 5) is 0. The van der Waals surface area contributed by atoms with Crippen LogP contribution in [0.25, 0.3) is 0 Å². The lowest BCUT2D eigenvalue weighted by Gasteiger charge is -2.20. The summed E-state index contributed by atoms with van der Waals surface area (Å²) < 4.78 is 1.94. The van der Waals surface area contributed by atoms with Crippen molar-refractivity contribution in [1.82, 2.24) is 9.78 Å². The second-order valence-electron chi connectivity index (χ2n) is 5.49. The van der Waals surface area contributed by atoms with Gasteiger partial charge in [0.1, 0.15) is 0 Å². The fourth-order valence-corrected chi connectivity index (χ4v) is 3.20. The molecule has 2 aromatic rings. The lowest BCUT2D eigenvalue weighted by atomic mass is 9.90. The highest BCUT2D eigenvalue weighted by Gasteiger charge is 2.27. The number of nitrogens with two attached hydrogens (primary N) is 1. The van der Waals surface area contributed by atoms with Crippen LogP contribution >= 0.6 is 0 Å². The van der Waals surface area contributed by atoms with Crippen molar-refractivity contribution in [2.24, 2.45) is 12.8 Å². The second-order valence-corrected chi connectivity index (χ2v) is 5.49. The molecule has 0 bridgehead atoms. The summed E-state index contributed by atoms with van der Waals surface area (Å²) in [5.41, 5.74) is 10.7. The number of aryl methyl sites for hydroxylation is 3. The van der Waals surface area contributed by atoms with Crippen LogP contribution in [0.2, 0.25) is 0 Å². The number of aromatic nitrogens is 2. The molecule has 1 aromatic heterocycles. The maximum absolute atomic E-state index is 6.43. The van der Waals surface area contributed by atoms with E-state index in [2.05, 4.69) is 35.4 Å². The number of hydrogen-bond acceptors (Lipinski definition) is 2. The molecule has 3 rings (SSSR count). The van der Waals surface area contributed by atoms with E-state index in [0.29, 0.717) is 5.92 Å². The van der Waals surface area contributed by atoms with E-state index in [0.717, 1.165) is 12.8 Å². The molecule has 1 heterocycles. The summed E-state index contributed by atoms with van der Waals surface area (Å²) in [6, 6.07) is 11.1. The third kappa shape index (κ3) is 2.43. The van der Waals surface area contributed by atoms with Crippen LogP contribution in [-0.2, 0) is 19.9 Å². The Labute approximate surface area is 114 Å². The molecule has 2 atom stereocenters. The van der Waals surface area contributed by atoms with E-state index in [1.54, 1.807) is 0 Å². The second kappa shape index (κ2) is 5.17. The van der Waals surface area contributed by atoms with Gasteiger partial charge in [0.15, 0.2) is 0 Å². The van der Waals surface area contributed by atoms with E-state index in [-0.39, 0.29) is 6.04 Å². The quantitative estimate of drug-likeness (QED) is 0.911. The molecule has 0 radical (unpaired) electrons. The normalized spacial score (nSPS) is 19.4. The van der Waals surface area contributed by atoms with Gasteiger partial charge >= 0.3 is 0 Å². The lowest BCUT2D eigenvalue weighted by Crippen LogP contribution is -2.28. The highest BCUT2D eigenvalue weighted by Crippen LogP contribution is 2.35. The molecular formula is C16H21N3. The maximum atomic E-state index is 6.43. The topological polar surface area (TPSA) is 43.8 Å². The van der Waals surface area contributed by atoms with Crippen molar-refractivity contribution in [2.45, 2.75) is 37.6 Å². The standard InChI is InChI=1S/C16H21N3/c1-19-13(10-11-18-19)7-9-16(17)15-8-6-12-4-2-3-5-14(12)15/h2-5,10-11,15-16H,6-9,17H2,1H3. The van der Waals surface area contributed by atoms with Gasteiger partial charge in [0.2, 0.25) is 0 Å². The summed E-state index contributed by atoms with van der Waals surface area (Å²) in [7, 11) is 1.99. The molecule has 3 heteroatoms. The number of rotatable bonds is 4. The summed E-state index contributed by atoms with van der Waals surface area (Å²) in [6.07, 6.45) is 6.27. The van der Waals surface area contributed by atoms with Gasteiger partial charge in [-0.1, -0.05) is 24.3 Å². The summed E-state index contributed by atoms with van der Waals surface area (Å²) >= 11 is 0. The molecule has 1 aliphatic carbocycles. The number of hydrogen-bond donors (Lipinski definition) is 1. The van der Waals surface area contributed by atoms with Crippen molar-refractivity contribution < 1.29 is 0 Å². The van der Waals surface area contributed by atoms with Crippen molar-refractivity contribution in [1.29, 1.82) is 0 Å². The van der Waals surface area contributed by atoms with Gasteiger partial charge in [-0.2, -0.15) is 5.10 Å². The molecule has 0 fully saturated rings. The lowest BCUT2D eigenvalue weighted by molar-refractivity contribution is 0.489. The minimum absolute atomic E-state index is 0.249. The van der Waals surface area contributed by atoms with Gasteiger partial charge in [0.05, 0.1) is 0 Å². The van der Waals surface area contributed by atoms with Crippen molar-refractivity contribution in [2.75, 3.05) is 0 Å². The van der Waals surface area contributed by atoms with Gasteiger partial charge < -0.3 is 5.73 Å². The predicted molar refractivity (Wildman–Crippen MR) is 77.0 cm³/mol. The van der Waals surface area contributed by atoms with Crippen molar-refractivity contribution in [3.63, 3.8) is 0 Å². The molecule has 0 amide bonds. The number of fused-ring (bicyclic) bond motifs is 1. The van der Waals surface area contributed by atoms with E-state index in [4.69, 9.17) is 5.73 Å². The zero-order valence-electron chi connectivity index (χ0n) is 11.4. The van der Waals surface area contributed by atoms with E-state index >= 15 is 0 Å². The van der Waals surface area contributed by atoms with Crippen LogP contribution in [0.3, 0.4) is 0 Å². The van der Waals surface area contributed by atoms with E-state index in [9.17, 15) is 0 Å². The first-order valence-electron chi connectivity index (χ1n) is 7.06. The largest absolute Gasteiger partial charge is 0.327 e. The third-order valence-corrected chi connectivity index (χ3v) is 4.35. The SMILES string of the molecule is Cn1nccc1CCC(N)C1CCc2ccccc21. The van der Waals surface area contributed by atoms with Crippen molar-refractivity contribution >= 4 is 0 Å². The van der Waals surface area contributed by atoms with Gasteiger partial charge in [0.25, 0.3) is 0 Å². The Balaban J connectivity index is 1.66. The molecule has 0 saturated carbocycles. The molecule has 0 saturated heterocycles. The average molecular weight is 255 g/mol. The van der Waals surface area contributed by atoms with E-state index < -0.39 is 0 Å². The molecule has 3 nitrogen and oxygen atoms in total. The Bertz CT molecular complexity index is 559. The molecule has 100 valence electrons. The summed E-state index contributed by atoms with van der Waals surface area (Å²) in [5, 5.41) is 4.20. The van der Waals surface area contributed by atoms with Gasteiger partial charge in [-0.05, 0) is 48.8 Å². The molecule has 0 spiro atoms. The van der Waals surface area contributed by atoms with E-state index in [1.807, 2.05) is 17.9 Å². The molecular weight excluding hydrogens is 234 g/mol. The fraction of sp³-hybridized carbons (Fsp3) is 0.438. The average Bonchev–Trinajstić information content (AvgIpc) is 3.02. The molecule has 19 heavy (non-hydrogen) atoms. The Kier molecular flexibility index (Phi) is 3.38. The zero-order chi connectivity index (χ0) is 13.2. The Hall–Kier alpha value is -1.61. The predicted octanol–water partition coefficient (Wildman–Crippen LogP) is 2.41. The molecule has 2 unspecified atom stereocenters. The Morgan fingerprint density at radius 2 is 2.21 bits per heavy atom. The van der Waals surface area contributed by atoms with Crippen LogP contribution in [-0.4, -0.2) is 15.8 Å². The minimum atomic E-state index is 0.249. The summed E-state index contributed by atoms with van der Waals surface area (Å²) in [5.74, 6) is 0.532. The first-order chi connectivity index (χ1) is 9.25. The molecule has 1 aromatic carbocycles. The first-order valence-corrected chi connectivity index (χ1v) is 7.06. The minimum Gasteiger partial charge on any atom is -0.327 e. The molecule has 0 aliphatic heterocycles. The van der Waals surface area contributed by atoms with Crippen LogP contribution in [0.4, 0.5) is 0 Å². The number of benzene rings is 1. The van der Waals surface area contributed by atoms with Crippen LogP contribution in [0.15, 0.2) is 36.5 Å².